The van der Waals surface area contributed by atoms with Crippen molar-refractivity contribution in [1.29, 1.82) is 0 Å². The molecule has 0 bridgehead atoms. The lowest BCUT2D eigenvalue weighted by molar-refractivity contribution is 0.171. The Labute approximate surface area is 116 Å². The molecule has 1 aliphatic rings. The highest BCUT2D eigenvalue weighted by molar-refractivity contribution is 7.99. The number of nitrogen functional groups attached to an aromatic ring is 1. The summed E-state index contributed by atoms with van der Waals surface area (Å²) in [4.78, 5) is 2.30. The summed E-state index contributed by atoms with van der Waals surface area (Å²) in [6.07, 6.45) is 0. The van der Waals surface area contributed by atoms with Gasteiger partial charge in [0.2, 0.25) is 0 Å². The number of aryl methyl sites for hydroxylation is 1. The molecule has 0 radical (unpaired) electrons. The Morgan fingerprint density at radius 3 is 2.42 bits per heavy atom. The van der Waals surface area contributed by atoms with Gasteiger partial charge in [0.05, 0.1) is 0 Å². The second kappa shape index (κ2) is 5.05. The summed E-state index contributed by atoms with van der Waals surface area (Å²) in [7, 11) is 0. The van der Waals surface area contributed by atoms with Gasteiger partial charge in [-0.25, -0.2) is 0 Å². The molecule has 2 aromatic rings. The number of benzene rings is 2. The first kappa shape index (κ1) is 12.2. The van der Waals surface area contributed by atoms with Crippen LogP contribution in [0.15, 0.2) is 46.2 Å². The lowest BCUT2D eigenvalue weighted by atomic mass is 10.2. The van der Waals surface area contributed by atoms with Crippen molar-refractivity contribution in [2.24, 2.45) is 0 Å². The number of rotatable bonds is 2. The number of hydrogen-bond acceptors (Lipinski definition) is 4. The van der Waals surface area contributed by atoms with E-state index in [0.717, 1.165) is 27.6 Å². The lowest BCUT2D eigenvalue weighted by Crippen LogP contribution is -2.15. The van der Waals surface area contributed by atoms with Crippen molar-refractivity contribution in [3.05, 3.63) is 42.0 Å². The minimum absolute atomic E-state index is 0.613. The summed E-state index contributed by atoms with van der Waals surface area (Å²) >= 11 is 1.69. The van der Waals surface area contributed by atoms with Gasteiger partial charge in [0.1, 0.15) is 13.2 Å². The first-order chi connectivity index (χ1) is 9.22. The highest BCUT2D eigenvalue weighted by Gasteiger charge is 2.12. The second-order valence-corrected chi connectivity index (χ2v) is 5.57. The van der Waals surface area contributed by atoms with Gasteiger partial charge in [-0.2, -0.15) is 0 Å². The van der Waals surface area contributed by atoms with E-state index in [1.54, 1.807) is 11.8 Å². The van der Waals surface area contributed by atoms with E-state index in [-0.39, 0.29) is 0 Å². The van der Waals surface area contributed by atoms with Crippen LogP contribution in [0.5, 0.6) is 11.5 Å². The van der Waals surface area contributed by atoms with Crippen LogP contribution in [0.25, 0.3) is 0 Å². The minimum atomic E-state index is 0.613. The number of hydrogen-bond donors (Lipinski definition) is 1. The van der Waals surface area contributed by atoms with E-state index in [0.29, 0.717) is 13.2 Å². The maximum atomic E-state index is 5.83. The Bertz CT molecular complexity index is 613. The second-order valence-electron chi connectivity index (χ2n) is 4.43. The third-order valence-electron chi connectivity index (χ3n) is 2.99. The molecule has 0 fully saturated rings. The van der Waals surface area contributed by atoms with Crippen molar-refractivity contribution in [1.82, 2.24) is 0 Å². The van der Waals surface area contributed by atoms with E-state index in [1.807, 2.05) is 37.3 Å². The van der Waals surface area contributed by atoms with E-state index in [2.05, 4.69) is 6.07 Å². The summed E-state index contributed by atoms with van der Waals surface area (Å²) in [5, 5.41) is 0. The molecule has 2 N–H and O–H groups in total. The third-order valence-corrected chi connectivity index (χ3v) is 3.97. The number of anilines is 1. The summed E-state index contributed by atoms with van der Waals surface area (Å²) in [6.45, 7) is 3.25. The zero-order chi connectivity index (χ0) is 13.2. The molecule has 0 spiro atoms. The molecular weight excluding hydrogens is 258 g/mol. The van der Waals surface area contributed by atoms with E-state index in [1.165, 1.54) is 4.90 Å². The molecular formula is C15H15NO2S. The van der Waals surface area contributed by atoms with Crippen LogP contribution in [0.4, 0.5) is 5.69 Å². The molecule has 0 atom stereocenters. The van der Waals surface area contributed by atoms with Gasteiger partial charge in [-0.3, -0.25) is 0 Å². The van der Waals surface area contributed by atoms with Crippen molar-refractivity contribution in [3.8, 4) is 11.5 Å². The Balaban J connectivity index is 1.84. The molecule has 0 saturated heterocycles. The Hall–Kier alpha value is -1.81. The van der Waals surface area contributed by atoms with Crippen molar-refractivity contribution in [2.45, 2.75) is 16.7 Å². The molecule has 1 aliphatic heterocycles. The molecule has 0 aromatic heterocycles. The molecule has 0 aliphatic carbocycles. The molecule has 19 heavy (non-hydrogen) atoms. The van der Waals surface area contributed by atoms with Crippen LogP contribution in [0.1, 0.15) is 5.56 Å². The largest absolute Gasteiger partial charge is 0.486 e. The predicted molar refractivity (Wildman–Crippen MR) is 77.1 cm³/mol. The van der Waals surface area contributed by atoms with E-state index >= 15 is 0 Å². The van der Waals surface area contributed by atoms with Gasteiger partial charge in [-0.15, -0.1) is 0 Å². The summed E-state index contributed by atoms with van der Waals surface area (Å²) in [5.74, 6) is 1.65. The summed E-state index contributed by atoms with van der Waals surface area (Å²) < 4.78 is 11.1. The quantitative estimate of drug-likeness (QED) is 0.851. The van der Waals surface area contributed by atoms with Gasteiger partial charge in [-0.1, -0.05) is 11.8 Å². The fourth-order valence-corrected chi connectivity index (χ4v) is 2.88. The highest BCUT2D eigenvalue weighted by Crippen LogP contribution is 2.37. The molecule has 98 valence electrons. The standard InChI is InChI=1S/C15H15NO2S/c1-10-8-11(2-4-13(10)16)19-12-3-5-14-15(9-12)18-7-6-17-14/h2-5,8-9H,6-7,16H2,1H3. The fourth-order valence-electron chi connectivity index (χ4n) is 1.93. The van der Waals surface area contributed by atoms with E-state index < -0.39 is 0 Å². The van der Waals surface area contributed by atoms with Gasteiger partial charge in [0.25, 0.3) is 0 Å². The lowest BCUT2D eigenvalue weighted by Gasteiger charge is -2.18. The number of ether oxygens (including phenoxy) is 2. The average Bonchev–Trinajstić information content (AvgIpc) is 2.43. The van der Waals surface area contributed by atoms with Crippen LogP contribution in [0.2, 0.25) is 0 Å². The average molecular weight is 273 g/mol. The van der Waals surface area contributed by atoms with Crippen molar-refractivity contribution < 1.29 is 9.47 Å². The molecule has 0 amide bonds. The van der Waals surface area contributed by atoms with Crippen LogP contribution in [0.3, 0.4) is 0 Å². The normalized spacial score (nSPS) is 13.3. The smallest absolute Gasteiger partial charge is 0.162 e. The van der Waals surface area contributed by atoms with Crippen LogP contribution >= 0.6 is 11.8 Å². The SMILES string of the molecule is Cc1cc(Sc2ccc3c(c2)OCCO3)ccc1N. The molecule has 3 nitrogen and oxygen atoms in total. The van der Waals surface area contributed by atoms with Crippen molar-refractivity contribution >= 4 is 17.4 Å². The summed E-state index contributed by atoms with van der Waals surface area (Å²) in [5.41, 5.74) is 7.75. The minimum Gasteiger partial charge on any atom is -0.486 e. The monoisotopic (exact) mass is 273 g/mol. The van der Waals surface area contributed by atoms with Gasteiger partial charge in [-0.05, 0) is 48.9 Å². The predicted octanol–water partition coefficient (Wildman–Crippen LogP) is 3.50. The van der Waals surface area contributed by atoms with Gasteiger partial charge in [0.15, 0.2) is 11.5 Å². The zero-order valence-electron chi connectivity index (χ0n) is 10.7. The van der Waals surface area contributed by atoms with Gasteiger partial charge < -0.3 is 15.2 Å². The number of fused-ring (bicyclic) bond motifs is 1. The third kappa shape index (κ3) is 2.63. The topological polar surface area (TPSA) is 44.5 Å². The van der Waals surface area contributed by atoms with Crippen LogP contribution in [-0.2, 0) is 0 Å². The Kier molecular flexibility index (Phi) is 3.25. The molecule has 0 unspecified atom stereocenters. The Morgan fingerprint density at radius 2 is 1.63 bits per heavy atom. The van der Waals surface area contributed by atoms with Gasteiger partial charge in [0, 0.05) is 15.5 Å². The fraction of sp³-hybridized carbons (Fsp3) is 0.200. The Morgan fingerprint density at radius 1 is 0.947 bits per heavy atom. The molecule has 2 aromatic carbocycles. The molecule has 1 heterocycles. The van der Waals surface area contributed by atoms with Crippen LogP contribution in [-0.4, -0.2) is 13.2 Å². The first-order valence-electron chi connectivity index (χ1n) is 6.16. The van der Waals surface area contributed by atoms with Crippen molar-refractivity contribution in [2.75, 3.05) is 18.9 Å². The summed E-state index contributed by atoms with van der Waals surface area (Å²) in [6, 6.07) is 12.1. The number of nitrogens with two attached hydrogens (primary N) is 1. The molecule has 0 saturated carbocycles. The van der Waals surface area contributed by atoms with Crippen LogP contribution < -0.4 is 15.2 Å². The zero-order valence-corrected chi connectivity index (χ0v) is 11.5. The van der Waals surface area contributed by atoms with Gasteiger partial charge >= 0.3 is 0 Å². The van der Waals surface area contributed by atoms with E-state index in [4.69, 9.17) is 15.2 Å². The van der Waals surface area contributed by atoms with Crippen molar-refractivity contribution in [3.63, 3.8) is 0 Å². The molecule has 4 heteroatoms. The van der Waals surface area contributed by atoms with E-state index in [9.17, 15) is 0 Å². The molecule has 3 rings (SSSR count). The maximum absolute atomic E-state index is 5.83. The maximum Gasteiger partial charge on any atom is 0.162 e. The first-order valence-corrected chi connectivity index (χ1v) is 6.98. The highest BCUT2D eigenvalue weighted by atomic mass is 32.2. The van der Waals surface area contributed by atoms with Crippen LogP contribution in [0, 0.1) is 6.92 Å².